The Hall–Kier alpha value is -4.67. The molecule has 0 bridgehead atoms. The molecule has 11 heteroatoms. The van der Waals surface area contributed by atoms with Crippen molar-refractivity contribution in [3.8, 4) is 11.4 Å². The van der Waals surface area contributed by atoms with Crippen LogP contribution in [0.1, 0.15) is 0 Å². The molecule has 3 aromatic heterocycles. The molecule has 2 aromatic carbocycles. The highest BCUT2D eigenvalue weighted by atomic mass is 19.1. The van der Waals surface area contributed by atoms with Gasteiger partial charge in [0.1, 0.15) is 23.1 Å². The van der Waals surface area contributed by atoms with E-state index in [0.717, 1.165) is 5.69 Å². The Kier molecular flexibility index (Phi) is 4.76. The number of halogens is 1. The Balaban J connectivity index is 1.41. The van der Waals surface area contributed by atoms with Gasteiger partial charge < -0.3 is 20.7 Å². The number of hydrogen-bond acceptors (Lipinski definition) is 8. The Labute approximate surface area is 198 Å². The number of para-hydroxylation sites is 1. The molecule has 4 heterocycles. The molecule has 1 aliphatic rings. The summed E-state index contributed by atoms with van der Waals surface area (Å²) < 4.78 is 21.1. The first kappa shape index (κ1) is 20.9. The second-order valence-electron chi connectivity index (χ2n) is 8.38. The van der Waals surface area contributed by atoms with Gasteiger partial charge in [-0.15, -0.1) is 0 Å². The van der Waals surface area contributed by atoms with Crippen molar-refractivity contribution in [2.24, 2.45) is 0 Å². The monoisotopic (exact) mass is 472 g/mol. The SMILES string of the molecule is CN(C[C@H]1CNc2ccc(F)cc2O1)c1ncc2c3[nH]nc(N)c3c(=O)n(-c3ccccc3)c2n1. The summed E-state index contributed by atoms with van der Waals surface area (Å²) in [6.45, 7) is 0.975. The first-order chi connectivity index (χ1) is 17.0. The molecule has 0 fully saturated rings. The zero-order valence-corrected chi connectivity index (χ0v) is 18.7. The Morgan fingerprint density at radius 3 is 2.91 bits per heavy atom. The van der Waals surface area contributed by atoms with Gasteiger partial charge in [-0.05, 0) is 24.3 Å². The van der Waals surface area contributed by atoms with Crippen LogP contribution >= 0.6 is 0 Å². The van der Waals surface area contributed by atoms with Crippen LogP contribution in [0.15, 0.2) is 59.5 Å². The number of nitrogens with two attached hydrogens (primary N) is 1. The van der Waals surface area contributed by atoms with Crippen LogP contribution in [0.4, 0.5) is 21.8 Å². The van der Waals surface area contributed by atoms with Crippen LogP contribution in [-0.2, 0) is 0 Å². The van der Waals surface area contributed by atoms with Gasteiger partial charge in [-0.2, -0.15) is 10.1 Å². The molecule has 6 rings (SSSR count). The predicted octanol–water partition coefficient (Wildman–Crippen LogP) is 2.69. The summed E-state index contributed by atoms with van der Waals surface area (Å²) in [4.78, 5) is 24.6. The molecule has 0 spiro atoms. The number of nitrogen functional groups attached to an aromatic ring is 1. The van der Waals surface area contributed by atoms with Crippen LogP contribution in [0.5, 0.6) is 5.75 Å². The number of aromatic nitrogens is 5. The molecule has 5 aromatic rings. The van der Waals surface area contributed by atoms with Crippen LogP contribution in [0, 0.1) is 5.82 Å². The Morgan fingerprint density at radius 2 is 2.09 bits per heavy atom. The fourth-order valence-electron chi connectivity index (χ4n) is 4.36. The van der Waals surface area contributed by atoms with Gasteiger partial charge in [0.25, 0.3) is 5.56 Å². The summed E-state index contributed by atoms with van der Waals surface area (Å²) in [5, 5.41) is 11.0. The minimum absolute atomic E-state index is 0.122. The van der Waals surface area contributed by atoms with E-state index in [9.17, 15) is 9.18 Å². The van der Waals surface area contributed by atoms with Crippen molar-refractivity contribution in [1.82, 2.24) is 24.7 Å². The molecule has 0 radical (unpaired) electrons. The maximum absolute atomic E-state index is 13.6. The molecule has 10 nitrogen and oxygen atoms in total. The molecule has 0 amide bonds. The topological polar surface area (TPSA) is 127 Å². The number of likely N-dealkylation sites (N-methyl/N-ethyl adjacent to an activating group) is 1. The quantitative estimate of drug-likeness (QED) is 0.364. The summed E-state index contributed by atoms with van der Waals surface area (Å²) in [6.07, 6.45) is 1.39. The van der Waals surface area contributed by atoms with Gasteiger partial charge in [0.15, 0.2) is 11.5 Å². The average molecular weight is 472 g/mol. The van der Waals surface area contributed by atoms with Crippen molar-refractivity contribution < 1.29 is 9.13 Å². The number of H-pyrrole nitrogens is 1. The van der Waals surface area contributed by atoms with Gasteiger partial charge in [-0.25, -0.2) is 9.37 Å². The van der Waals surface area contributed by atoms with E-state index in [1.165, 1.54) is 16.7 Å². The van der Waals surface area contributed by atoms with Gasteiger partial charge in [-0.3, -0.25) is 14.5 Å². The van der Waals surface area contributed by atoms with Crippen molar-refractivity contribution in [2.45, 2.75) is 6.10 Å². The smallest absolute Gasteiger partial charge is 0.270 e. The fourth-order valence-corrected chi connectivity index (χ4v) is 4.36. The first-order valence-electron chi connectivity index (χ1n) is 11.0. The highest BCUT2D eigenvalue weighted by Gasteiger charge is 2.24. The normalized spacial score (nSPS) is 15.0. The number of nitrogens with zero attached hydrogens (tertiary/aromatic N) is 5. The second-order valence-corrected chi connectivity index (χ2v) is 8.38. The van der Waals surface area contributed by atoms with Crippen LogP contribution in [0.2, 0.25) is 0 Å². The molecule has 0 saturated heterocycles. The number of pyridine rings is 1. The van der Waals surface area contributed by atoms with Crippen LogP contribution in [0.3, 0.4) is 0 Å². The highest BCUT2D eigenvalue weighted by molar-refractivity contribution is 6.05. The number of ether oxygens (including phenoxy) is 1. The molecular weight excluding hydrogens is 451 g/mol. The Morgan fingerprint density at radius 1 is 1.26 bits per heavy atom. The van der Waals surface area contributed by atoms with Crippen molar-refractivity contribution >= 4 is 39.4 Å². The lowest BCUT2D eigenvalue weighted by Gasteiger charge is -2.30. The molecule has 176 valence electrons. The molecule has 0 aliphatic carbocycles. The van der Waals surface area contributed by atoms with E-state index in [4.69, 9.17) is 15.5 Å². The molecule has 0 saturated carbocycles. The minimum atomic E-state index is -0.359. The minimum Gasteiger partial charge on any atom is -0.484 e. The van der Waals surface area contributed by atoms with E-state index in [-0.39, 0.29) is 23.3 Å². The van der Waals surface area contributed by atoms with Gasteiger partial charge in [0.05, 0.1) is 35.4 Å². The number of hydrogen-bond donors (Lipinski definition) is 3. The molecule has 0 unspecified atom stereocenters. The number of fused-ring (bicyclic) bond motifs is 4. The molecule has 1 aliphatic heterocycles. The van der Waals surface area contributed by atoms with E-state index in [0.29, 0.717) is 52.4 Å². The maximum Gasteiger partial charge on any atom is 0.270 e. The number of anilines is 3. The third-order valence-corrected chi connectivity index (χ3v) is 6.04. The highest BCUT2D eigenvalue weighted by Crippen LogP contribution is 2.30. The summed E-state index contributed by atoms with van der Waals surface area (Å²) >= 11 is 0. The first-order valence-corrected chi connectivity index (χ1v) is 11.0. The zero-order chi connectivity index (χ0) is 24.1. The molecule has 1 atom stereocenters. The molecule has 35 heavy (non-hydrogen) atoms. The molecule has 4 N–H and O–H groups in total. The van der Waals surface area contributed by atoms with Crippen LogP contribution in [-0.4, -0.2) is 51.0 Å². The number of nitrogens with one attached hydrogen (secondary N) is 2. The summed E-state index contributed by atoms with van der Waals surface area (Å²) in [5.41, 5.74) is 7.98. The third-order valence-electron chi connectivity index (χ3n) is 6.04. The lowest BCUT2D eigenvalue weighted by atomic mass is 10.2. The summed E-state index contributed by atoms with van der Waals surface area (Å²) in [5.74, 6) is 0.631. The third kappa shape index (κ3) is 3.48. The van der Waals surface area contributed by atoms with Crippen LogP contribution in [0.25, 0.3) is 27.6 Å². The summed E-state index contributed by atoms with van der Waals surface area (Å²) in [6, 6.07) is 13.6. The van der Waals surface area contributed by atoms with Crippen LogP contribution < -0.4 is 26.2 Å². The Bertz CT molecular complexity index is 1630. The fraction of sp³-hybridized carbons (Fsp3) is 0.167. The van der Waals surface area contributed by atoms with Gasteiger partial charge >= 0.3 is 0 Å². The summed E-state index contributed by atoms with van der Waals surface area (Å²) in [7, 11) is 1.84. The number of aromatic amines is 1. The van der Waals surface area contributed by atoms with Gasteiger partial charge in [0.2, 0.25) is 5.95 Å². The maximum atomic E-state index is 13.6. The van der Waals surface area contributed by atoms with Crippen molar-refractivity contribution in [3.05, 3.63) is 70.9 Å². The molecular formula is C24H21FN8O2. The van der Waals surface area contributed by atoms with E-state index in [1.54, 1.807) is 12.3 Å². The standard InChI is InChI=1S/C24H21FN8O2/c1-32(12-15-10-27-17-8-7-13(25)9-18(17)35-15)24-28-11-16-20-19(21(26)31-30-20)23(34)33(22(16)29-24)14-5-3-2-4-6-14/h2-9,11,15,27H,10,12H2,1H3,(H3,26,30,31)/t15-/m1/s1. The predicted molar refractivity (Wildman–Crippen MR) is 132 cm³/mol. The number of benzene rings is 2. The largest absolute Gasteiger partial charge is 0.484 e. The average Bonchev–Trinajstić information content (AvgIpc) is 3.26. The number of rotatable bonds is 4. The van der Waals surface area contributed by atoms with Crippen molar-refractivity contribution in [1.29, 1.82) is 0 Å². The van der Waals surface area contributed by atoms with Gasteiger partial charge in [-0.1, -0.05) is 18.2 Å². The zero-order valence-electron chi connectivity index (χ0n) is 18.7. The second kappa shape index (κ2) is 7.97. The van der Waals surface area contributed by atoms with Gasteiger partial charge in [0, 0.05) is 19.3 Å². The van der Waals surface area contributed by atoms with E-state index in [1.807, 2.05) is 42.3 Å². The van der Waals surface area contributed by atoms with E-state index in [2.05, 4.69) is 20.5 Å². The van der Waals surface area contributed by atoms with E-state index >= 15 is 0 Å². The lowest BCUT2D eigenvalue weighted by Crippen LogP contribution is -2.41. The van der Waals surface area contributed by atoms with Crippen molar-refractivity contribution in [3.63, 3.8) is 0 Å². The van der Waals surface area contributed by atoms with Crippen molar-refractivity contribution in [2.75, 3.05) is 36.1 Å². The van der Waals surface area contributed by atoms with E-state index < -0.39 is 0 Å². The lowest BCUT2D eigenvalue weighted by molar-refractivity contribution is 0.211.